The molecule has 0 spiro atoms. The van der Waals surface area contributed by atoms with Gasteiger partial charge in [-0.15, -0.1) is 11.3 Å². The van der Waals surface area contributed by atoms with Crippen molar-refractivity contribution < 1.29 is 4.74 Å². The Balaban J connectivity index is 1.58. The summed E-state index contributed by atoms with van der Waals surface area (Å²) in [5, 5.41) is 0.837. The van der Waals surface area contributed by atoms with E-state index < -0.39 is 0 Å². The summed E-state index contributed by atoms with van der Waals surface area (Å²) >= 11 is 1.69. The third-order valence-corrected chi connectivity index (χ3v) is 5.79. The van der Waals surface area contributed by atoms with Crippen LogP contribution in [-0.2, 0) is 19.4 Å². The molecule has 0 N–H and O–H groups in total. The smallest absolute Gasteiger partial charge is 0.262 e. The maximum Gasteiger partial charge on any atom is 0.262 e. The van der Waals surface area contributed by atoms with E-state index in [0.29, 0.717) is 19.1 Å². The maximum atomic E-state index is 12.9. The van der Waals surface area contributed by atoms with E-state index in [-0.39, 0.29) is 5.56 Å². The fourth-order valence-corrected chi connectivity index (χ4v) is 4.64. The Bertz CT molecular complexity index is 914. The lowest BCUT2D eigenvalue weighted by Gasteiger charge is -2.17. The predicted molar refractivity (Wildman–Crippen MR) is 97.0 cm³/mol. The third kappa shape index (κ3) is 2.84. The largest absolute Gasteiger partial charge is 0.492 e. The number of nitrogens with zero attached hydrogens (tertiary/aromatic N) is 2. The Morgan fingerprint density at radius 3 is 3.00 bits per heavy atom. The second kappa shape index (κ2) is 6.40. The molecule has 2 heterocycles. The van der Waals surface area contributed by atoms with Gasteiger partial charge >= 0.3 is 0 Å². The minimum Gasteiger partial charge on any atom is -0.492 e. The lowest BCUT2D eigenvalue weighted by atomic mass is 9.89. The molecular formula is C19H20N2O2S. The summed E-state index contributed by atoms with van der Waals surface area (Å²) in [4.78, 5) is 19.6. The van der Waals surface area contributed by atoms with Gasteiger partial charge in [0.1, 0.15) is 17.2 Å². The van der Waals surface area contributed by atoms with Gasteiger partial charge in [-0.1, -0.05) is 25.1 Å². The van der Waals surface area contributed by atoms with Crippen molar-refractivity contribution in [2.75, 3.05) is 6.61 Å². The van der Waals surface area contributed by atoms with Gasteiger partial charge in [-0.2, -0.15) is 0 Å². The van der Waals surface area contributed by atoms with Crippen LogP contribution in [0.1, 0.15) is 23.8 Å². The van der Waals surface area contributed by atoms with Gasteiger partial charge in [0.25, 0.3) is 5.56 Å². The monoisotopic (exact) mass is 340 g/mol. The van der Waals surface area contributed by atoms with Crippen LogP contribution in [0.15, 0.2) is 41.5 Å². The summed E-state index contributed by atoms with van der Waals surface area (Å²) < 4.78 is 7.38. The number of benzene rings is 1. The van der Waals surface area contributed by atoms with Crippen molar-refractivity contribution in [3.05, 3.63) is 57.5 Å². The van der Waals surface area contributed by atoms with Gasteiger partial charge in [-0.05, 0) is 42.9 Å². The SMILES string of the molecule is C[C@H]1CCc2c(sc3ncn(CCOc4ccccc4)c(=O)c23)C1. The molecule has 0 bridgehead atoms. The van der Waals surface area contributed by atoms with E-state index in [1.165, 1.54) is 10.4 Å². The molecule has 0 fully saturated rings. The van der Waals surface area contributed by atoms with Gasteiger partial charge in [-0.25, -0.2) is 4.98 Å². The van der Waals surface area contributed by atoms with Crippen molar-refractivity contribution in [1.29, 1.82) is 0 Å². The predicted octanol–water partition coefficient (Wildman–Crippen LogP) is 3.66. The normalized spacial score (nSPS) is 17.0. The highest BCUT2D eigenvalue weighted by molar-refractivity contribution is 7.18. The van der Waals surface area contributed by atoms with Crippen molar-refractivity contribution in [2.24, 2.45) is 5.92 Å². The maximum absolute atomic E-state index is 12.9. The minimum atomic E-state index is 0.0729. The standard InChI is InChI=1S/C19H20N2O2S/c1-13-7-8-15-16(11-13)24-18-17(15)19(22)21(12-20-18)9-10-23-14-5-3-2-4-6-14/h2-6,12-13H,7-11H2,1H3/t13-/m0/s1. The molecule has 3 aromatic rings. The first kappa shape index (κ1) is 15.4. The second-order valence-corrected chi connectivity index (χ2v) is 7.52. The highest BCUT2D eigenvalue weighted by atomic mass is 32.1. The Morgan fingerprint density at radius 2 is 2.17 bits per heavy atom. The zero-order valence-electron chi connectivity index (χ0n) is 13.7. The van der Waals surface area contributed by atoms with Crippen molar-refractivity contribution in [1.82, 2.24) is 9.55 Å². The van der Waals surface area contributed by atoms with Crippen LogP contribution < -0.4 is 10.3 Å². The molecule has 0 radical (unpaired) electrons. The second-order valence-electron chi connectivity index (χ2n) is 6.44. The quantitative estimate of drug-likeness (QED) is 0.728. The van der Waals surface area contributed by atoms with E-state index in [0.717, 1.165) is 35.2 Å². The first-order valence-electron chi connectivity index (χ1n) is 8.40. The number of aryl methyl sites for hydroxylation is 1. The average Bonchev–Trinajstić information content (AvgIpc) is 2.96. The first-order valence-corrected chi connectivity index (χ1v) is 9.21. The summed E-state index contributed by atoms with van der Waals surface area (Å²) in [5.41, 5.74) is 1.31. The van der Waals surface area contributed by atoms with E-state index in [9.17, 15) is 4.79 Å². The van der Waals surface area contributed by atoms with Crippen LogP contribution in [0.4, 0.5) is 0 Å². The molecule has 24 heavy (non-hydrogen) atoms. The highest BCUT2D eigenvalue weighted by Gasteiger charge is 2.23. The van der Waals surface area contributed by atoms with E-state index in [1.807, 2.05) is 30.3 Å². The number of hydrogen-bond acceptors (Lipinski definition) is 4. The van der Waals surface area contributed by atoms with Crippen LogP contribution in [-0.4, -0.2) is 16.2 Å². The molecule has 1 atom stereocenters. The van der Waals surface area contributed by atoms with Gasteiger partial charge in [0.2, 0.25) is 0 Å². The van der Waals surface area contributed by atoms with Crippen LogP contribution >= 0.6 is 11.3 Å². The summed E-state index contributed by atoms with van der Waals surface area (Å²) in [6.07, 6.45) is 4.89. The van der Waals surface area contributed by atoms with Gasteiger partial charge < -0.3 is 4.74 Å². The van der Waals surface area contributed by atoms with Gasteiger partial charge in [0.05, 0.1) is 18.3 Å². The number of thiophene rings is 1. The van der Waals surface area contributed by atoms with Crippen LogP contribution in [0.2, 0.25) is 0 Å². The summed E-state index contributed by atoms with van der Waals surface area (Å²) in [7, 11) is 0. The van der Waals surface area contributed by atoms with Crippen molar-refractivity contribution in [2.45, 2.75) is 32.7 Å². The van der Waals surface area contributed by atoms with E-state index in [2.05, 4.69) is 11.9 Å². The topological polar surface area (TPSA) is 44.1 Å². The molecule has 0 saturated carbocycles. The van der Waals surface area contributed by atoms with E-state index >= 15 is 0 Å². The van der Waals surface area contributed by atoms with Gasteiger partial charge in [0.15, 0.2) is 0 Å². The zero-order valence-corrected chi connectivity index (χ0v) is 14.5. The zero-order chi connectivity index (χ0) is 16.5. The number of aromatic nitrogens is 2. The van der Waals surface area contributed by atoms with Crippen LogP contribution in [0.3, 0.4) is 0 Å². The molecule has 0 aliphatic heterocycles. The molecule has 4 nitrogen and oxygen atoms in total. The molecule has 1 aliphatic carbocycles. The Morgan fingerprint density at radius 1 is 1.33 bits per heavy atom. The highest BCUT2D eigenvalue weighted by Crippen LogP contribution is 2.35. The fourth-order valence-electron chi connectivity index (χ4n) is 3.30. The Labute approximate surface area is 144 Å². The molecule has 0 unspecified atom stereocenters. The lowest BCUT2D eigenvalue weighted by molar-refractivity contribution is 0.296. The van der Waals surface area contributed by atoms with E-state index in [1.54, 1.807) is 22.2 Å². The van der Waals surface area contributed by atoms with Gasteiger partial charge in [-0.3, -0.25) is 9.36 Å². The fraction of sp³-hybridized carbons (Fsp3) is 0.368. The number of fused-ring (bicyclic) bond motifs is 3. The molecule has 0 amide bonds. The van der Waals surface area contributed by atoms with Gasteiger partial charge in [0, 0.05) is 4.88 Å². The van der Waals surface area contributed by atoms with Crippen LogP contribution in [0, 0.1) is 5.92 Å². The lowest BCUT2D eigenvalue weighted by Crippen LogP contribution is -2.24. The van der Waals surface area contributed by atoms with Crippen molar-refractivity contribution in [3.63, 3.8) is 0 Å². The van der Waals surface area contributed by atoms with Crippen molar-refractivity contribution >= 4 is 21.6 Å². The number of hydrogen-bond donors (Lipinski definition) is 0. The summed E-state index contributed by atoms with van der Waals surface area (Å²) in [5.74, 6) is 1.52. The molecular weight excluding hydrogens is 320 g/mol. The van der Waals surface area contributed by atoms with Crippen molar-refractivity contribution in [3.8, 4) is 5.75 Å². The number of ether oxygens (including phenoxy) is 1. The summed E-state index contributed by atoms with van der Waals surface area (Å²) in [6, 6.07) is 9.67. The molecule has 5 heteroatoms. The average molecular weight is 340 g/mol. The Hall–Kier alpha value is -2.14. The van der Waals surface area contributed by atoms with E-state index in [4.69, 9.17) is 4.74 Å². The van der Waals surface area contributed by atoms with Crippen LogP contribution in [0.25, 0.3) is 10.2 Å². The number of para-hydroxylation sites is 1. The number of rotatable bonds is 4. The molecule has 1 aromatic carbocycles. The minimum absolute atomic E-state index is 0.0729. The summed E-state index contributed by atoms with van der Waals surface area (Å²) in [6.45, 7) is 3.25. The first-order chi connectivity index (χ1) is 11.7. The Kier molecular flexibility index (Phi) is 4.10. The molecule has 2 aromatic heterocycles. The molecule has 1 aliphatic rings. The third-order valence-electron chi connectivity index (χ3n) is 4.63. The molecule has 124 valence electrons. The van der Waals surface area contributed by atoms with Crippen LogP contribution in [0.5, 0.6) is 5.75 Å². The molecule has 4 rings (SSSR count). The molecule has 0 saturated heterocycles.